The van der Waals surface area contributed by atoms with E-state index in [9.17, 15) is 14.9 Å². The number of carboxylic acids is 1. The van der Waals surface area contributed by atoms with Gasteiger partial charge in [-0.3, -0.25) is 10.1 Å². The quantitative estimate of drug-likeness (QED) is 0.656. The standard InChI is InChI=1S/C11H7ClN4O4/c12-9-3-6(1-2-8(9)10(17)18)15-11-13-4-7(5-14-11)16(19)20/h1-5H,(H,17,18)(H,13,14,15). The lowest BCUT2D eigenvalue weighted by molar-refractivity contribution is -0.385. The zero-order valence-corrected chi connectivity index (χ0v) is 10.5. The molecule has 0 saturated heterocycles. The SMILES string of the molecule is O=C(O)c1ccc(Nc2ncc([N+](=O)[O-])cn2)cc1Cl. The maximum absolute atomic E-state index is 10.8. The number of nitro groups is 1. The van der Waals surface area contributed by atoms with Crippen LogP contribution in [0.15, 0.2) is 30.6 Å². The first-order chi connectivity index (χ1) is 9.47. The van der Waals surface area contributed by atoms with Gasteiger partial charge in [-0.05, 0) is 18.2 Å². The van der Waals surface area contributed by atoms with E-state index in [1.165, 1.54) is 18.2 Å². The molecule has 1 aromatic heterocycles. The van der Waals surface area contributed by atoms with Gasteiger partial charge in [-0.1, -0.05) is 11.6 Å². The predicted molar refractivity (Wildman–Crippen MR) is 70.4 cm³/mol. The summed E-state index contributed by atoms with van der Waals surface area (Å²) in [7, 11) is 0. The molecular formula is C11H7ClN4O4. The van der Waals surface area contributed by atoms with Crippen molar-refractivity contribution in [3.8, 4) is 0 Å². The number of anilines is 2. The summed E-state index contributed by atoms with van der Waals surface area (Å²) >= 11 is 5.81. The van der Waals surface area contributed by atoms with Crippen LogP contribution in [-0.2, 0) is 0 Å². The first kappa shape index (κ1) is 13.7. The number of nitrogens with one attached hydrogen (secondary N) is 1. The van der Waals surface area contributed by atoms with Gasteiger partial charge in [-0.25, -0.2) is 14.8 Å². The monoisotopic (exact) mass is 294 g/mol. The molecule has 0 spiro atoms. The van der Waals surface area contributed by atoms with Crippen molar-refractivity contribution < 1.29 is 14.8 Å². The molecule has 0 amide bonds. The van der Waals surface area contributed by atoms with Crippen molar-refractivity contribution in [1.82, 2.24) is 9.97 Å². The first-order valence-corrected chi connectivity index (χ1v) is 5.61. The Kier molecular flexibility index (Phi) is 3.76. The fraction of sp³-hybridized carbons (Fsp3) is 0. The smallest absolute Gasteiger partial charge is 0.337 e. The van der Waals surface area contributed by atoms with Gasteiger partial charge >= 0.3 is 11.7 Å². The van der Waals surface area contributed by atoms with Crippen molar-refractivity contribution in [2.45, 2.75) is 0 Å². The normalized spacial score (nSPS) is 10.1. The van der Waals surface area contributed by atoms with Crippen LogP contribution in [0.25, 0.3) is 0 Å². The molecule has 20 heavy (non-hydrogen) atoms. The van der Waals surface area contributed by atoms with Gasteiger partial charge in [0, 0.05) is 5.69 Å². The van der Waals surface area contributed by atoms with Crippen LogP contribution in [0.2, 0.25) is 5.02 Å². The minimum Gasteiger partial charge on any atom is -0.478 e. The highest BCUT2D eigenvalue weighted by Gasteiger charge is 2.10. The Morgan fingerprint density at radius 1 is 1.35 bits per heavy atom. The Morgan fingerprint density at radius 3 is 2.50 bits per heavy atom. The molecule has 0 radical (unpaired) electrons. The summed E-state index contributed by atoms with van der Waals surface area (Å²) < 4.78 is 0. The molecule has 1 heterocycles. The second-order valence-electron chi connectivity index (χ2n) is 3.65. The Hall–Kier alpha value is -2.74. The fourth-order valence-corrected chi connectivity index (χ4v) is 1.64. The third-order valence-electron chi connectivity index (χ3n) is 2.30. The molecule has 0 aliphatic heterocycles. The molecule has 0 saturated carbocycles. The van der Waals surface area contributed by atoms with Gasteiger partial charge in [0.1, 0.15) is 12.4 Å². The van der Waals surface area contributed by atoms with Crippen LogP contribution in [0.5, 0.6) is 0 Å². The van der Waals surface area contributed by atoms with E-state index in [0.717, 1.165) is 12.4 Å². The van der Waals surface area contributed by atoms with Crippen molar-refractivity contribution in [2.24, 2.45) is 0 Å². The van der Waals surface area contributed by atoms with Crippen molar-refractivity contribution >= 4 is 34.9 Å². The summed E-state index contributed by atoms with van der Waals surface area (Å²) in [4.78, 5) is 28.2. The number of aromatic carboxylic acids is 1. The van der Waals surface area contributed by atoms with Gasteiger partial charge in [0.15, 0.2) is 0 Å². The number of carbonyl (C=O) groups is 1. The predicted octanol–water partition coefficient (Wildman–Crippen LogP) is 2.48. The van der Waals surface area contributed by atoms with Gasteiger partial charge in [0.25, 0.3) is 0 Å². The number of aromatic nitrogens is 2. The van der Waals surface area contributed by atoms with Crippen molar-refractivity contribution in [3.63, 3.8) is 0 Å². The number of nitrogens with zero attached hydrogens (tertiary/aromatic N) is 3. The molecule has 8 nitrogen and oxygen atoms in total. The Morgan fingerprint density at radius 2 is 2.00 bits per heavy atom. The summed E-state index contributed by atoms with van der Waals surface area (Å²) in [6, 6.07) is 4.22. The van der Waals surface area contributed by atoms with Crippen molar-refractivity contribution in [3.05, 3.63) is 51.3 Å². The molecule has 0 aliphatic rings. The second kappa shape index (κ2) is 5.49. The highest BCUT2D eigenvalue weighted by molar-refractivity contribution is 6.33. The van der Waals surface area contributed by atoms with Gasteiger partial charge < -0.3 is 10.4 Å². The molecule has 0 atom stereocenters. The average molecular weight is 295 g/mol. The topological polar surface area (TPSA) is 118 Å². The molecule has 2 N–H and O–H groups in total. The Labute approximate surface area is 117 Å². The molecule has 2 rings (SSSR count). The van der Waals surface area contributed by atoms with Crippen LogP contribution < -0.4 is 5.32 Å². The van der Waals surface area contributed by atoms with E-state index in [1.807, 2.05) is 0 Å². The van der Waals surface area contributed by atoms with Gasteiger partial charge in [-0.15, -0.1) is 0 Å². The lowest BCUT2D eigenvalue weighted by Crippen LogP contribution is -2.00. The highest BCUT2D eigenvalue weighted by atomic mass is 35.5. The lowest BCUT2D eigenvalue weighted by Gasteiger charge is -2.06. The Bertz CT molecular complexity index is 675. The molecule has 0 fully saturated rings. The van der Waals surface area contributed by atoms with Crippen LogP contribution in [0.3, 0.4) is 0 Å². The van der Waals surface area contributed by atoms with E-state index in [1.54, 1.807) is 0 Å². The van der Waals surface area contributed by atoms with Crippen molar-refractivity contribution in [1.29, 1.82) is 0 Å². The zero-order valence-electron chi connectivity index (χ0n) is 9.78. The largest absolute Gasteiger partial charge is 0.478 e. The maximum Gasteiger partial charge on any atom is 0.337 e. The number of hydrogen-bond donors (Lipinski definition) is 2. The minimum atomic E-state index is -1.13. The second-order valence-corrected chi connectivity index (χ2v) is 4.05. The molecule has 0 aliphatic carbocycles. The van der Waals surface area contributed by atoms with Crippen LogP contribution in [0.1, 0.15) is 10.4 Å². The van der Waals surface area contributed by atoms with E-state index in [2.05, 4.69) is 15.3 Å². The van der Waals surface area contributed by atoms with Crippen molar-refractivity contribution in [2.75, 3.05) is 5.32 Å². The fourth-order valence-electron chi connectivity index (χ4n) is 1.38. The van der Waals surface area contributed by atoms with Gasteiger partial charge in [0.2, 0.25) is 5.95 Å². The summed E-state index contributed by atoms with van der Waals surface area (Å²) in [5.74, 6) is -0.997. The van der Waals surface area contributed by atoms with E-state index < -0.39 is 10.9 Å². The van der Waals surface area contributed by atoms with E-state index in [-0.39, 0.29) is 22.2 Å². The summed E-state index contributed by atoms with van der Waals surface area (Å²) in [6.45, 7) is 0. The van der Waals surface area contributed by atoms with E-state index >= 15 is 0 Å². The molecule has 9 heteroatoms. The average Bonchev–Trinajstić information content (AvgIpc) is 2.39. The van der Waals surface area contributed by atoms with E-state index in [0.29, 0.717) is 5.69 Å². The van der Waals surface area contributed by atoms with Gasteiger partial charge in [0.05, 0.1) is 15.5 Å². The van der Waals surface area contributed by atoms with Crippen LogP contribution in [-0.4, -0.2) is 26.0 Å². The number of halogens is 1. The molecule has 1 aromatic carbocycles. The highest BCUT2D eigenvalue weighted by Crippen LogP contribution is 2.22. The zero-order chi connectivity index (χ0) is 14.7. The number of rotatable bonds is 4. The van der Waals surface area contributed by atoms with Gasteiger partial charge in [-0.2, -0.15) is 0 Å². The third-order valence-corrected chi connectivity index (χ3v) is 2.62. The maximum atomic E-state index is 10.8. The summed E-state index contributed by atoms with van der Waals surface area (Å²) in [6.07, 6.45) is 2.12. The van der Waals surface area contributed by atoms with E-state index in [4.69, 9.17) is 16.7 Å². The lowest BCUT2D eigenvalue weighted by atomic mass is 10.2. The first-order valence-electron chi connectivity index (χ1n) is 5.23. The number of carboxylic acid groups (broad SMARTS) is 1. The van der Waals surface area contributed by atoms with Crippen LogP contribution in [0.4, 0.5) is 17.3 Å². The Balaban J connectivity index is 2.19. The summed E-state index contributed by atoms with van der Waals surface area (Å²) in [5.41, 5.74) is 0.213. The minimum absolute atomic E-state index is 0.0261. The number of hydrogen-bond acceptors (Lipinski definition) is 6. The van der Waals surface area contributed by atoms with Crippen LogP contribution in [0, 0.1) is 10.1 Å². The summed E-state index contributed by atoms with van der Waals surface area (Å²) in [5, 5.41) is 22.1. The molecule has 2 aromatic rings. The molecule has 0 bridgehead atoms. The molecule has 102 valence electrons. The third kappa shape index (κ3) is 2.98. The number of benzene rings is 1. The molecular weight excluding hydrogens is 288 g/mol. The van der Waals surface area contributed by atoms with Crippen LogP contribution >= 0.6 is 11.6 Å². The molecule has 0 unspecified atom stereocenters.